The van der Waals surface area contributed by atoms with Crippen molar-refractivity contribution in [3.8, 4) is 0 Å². The number of fused-ring (bicyclic) bond motifs is 1. The average Bonchev–Trinajstić information content (AvgIpc) is 2.87. The molecule has 2 rings (SSSR count). The number of carbonyl (C=O) groups is 2. The van der Waals surface area contributed by atoms with Gasteiger partial charge in [-0.3, -0.25) is 4.79 Å². The Balaban J connectivity index is 2.23. The summed E-state index contributed by atoms with van der Waals surface area (Å²) in [4.78, 5) is 27.8. The van der Waals surface area contributed by atoms with E-state index in [1.54, 1.807) is 39.2 Å². The van der Waals surface area contributed by atoms with Crippen LogP contribution in [-0.2, 0) is 20.7 Å². The van der Waals surface area contributed by atoms with E-state index >= 15 is 0 Å². The van der Waals surface area contributed by atoms with Crippen molar-refractivity contribution in [1.29, 1.82) is 0 Å². The van der Waals surface area contributed by atoms with Gasteiger partial charge in [-0.05, 0) is 44.9 Å². The van der Waals surface area contributed by atoms with Gasteiger partial charge in [0.25, 0.3) is 0 Å². The number of hydrogen-bond donors (Lipinski definition) is 1. The summed E-state index contributed by atoms with van der Waals surface area (Å²) in [5.74, 6) is -0.476. The first-order valence-electron chi connectivity index (χ1n) is 7.24. The standard InChI is InChI=1S/C16H21N3O4/c1-16(2,3)23-15(21)19-6-5-11-7-10(9-18-13(11)19)8-12(17)14(20)22-4/h5-7,9,12H,8,17H2,1-4H3. The molecule has 0 aliphatic heterocycles. The highest BCUT2D eigenvalue weighted by molar-refractivity contribution is 5.87. The molecule has 1 unspecified atom stereocenters. The summed E-state index contributed by atoms with van der Waals surface area (Å²) < 4.78 is 11.3. The number of esters is 1. The Kier molecular flexibility index (Phi) is 4.70. The van der Waals surface area contributed by atoms with Crippen LogP contribution in [-0.4, -0.2) is 40.4 Å². The lowest BCUT2D eigenvalue weighted by molar-refractivity contribution is -0.142. The second-order valence-electron chi connectivity index (χ2n) is 6.26. The van der Waals surface area contributed by atoms with E-state index in [4.69, 9.17) is 10.5 Å². The van der Waals surface area contributed by atoms with Gasteiger partial charge >= 0.3 is 12.1 Å². The normalized spacial score (nSPS) is 12.9. The van der Waals surface area contributed by atoms with Crippen LogP contribution in [0, 0.1) is 0 Å². The molecule has 7 nitrogen and oxygen atoms in total. The summed E-state index contributed by atoms with van der Waals surface area (Å²) in [6, 6.07) is 2.86. The molecule has 0 saturated carbocycles. The van der Waals surface area contributed by atoms with E-state index in [1.807, 2.05) is 6.07 Å². The molecule has 0 amide bonds. The predicted molar refractivity (Wildman–Crippen MR) is 85.1 cm³/mol. The van der Waals surface area contributed by atoms with Gasteiger partial charge in [-0.25, -0.2) is 14.3 Å². The summed E-state index contributed by atoms with van der Waals surface area (Å²) in [7, 11) is 1.30. The third-order valence-corrected chi connectivity index (χ3v) is 3.13. The summed E-state index contributed by atoms with van der Waals surface area (Å²) in [6.07, 6.45) is 3.02. The molecule has 0 spiro atoms. The number of hydrogen-bond acceptors (Lipinski definition) is 6. The van der Waals surface area contributed by atoms with Crippen molar-refractivity contribution in [1.82, 2.24) is 9.55 Å². The summed E-state index contributed by atoms with van der Waals surface area (Å²) >= 11 is 0. The van der Waals surface area contributed by atoms with Gasteiger partial charge in [-0.2, -0.15) is 0 Å². The Morgan fingerprint density at radius 2 is 2.09 bits per heavy atom. The summed E-state index contributed by atoms with van der Waals surface area (Å²) in [5, 5.41) is 0.769. The highest BCUT2D eigenvalue weighted by atomic mass is 16.6. The Bertz CT molecular complexity index is 730. The van der Waals surface area contributed by atoms with Gasteiger partial charge in [-0.1, -0.05) is 0 Å². The molecule has 2 N–H and O–H groups in total. The molecule has 2 heterocycles. The zero-order valence-corrected chi connectivity index (χ0v) is 13.7. The van der Waals surface area contributed by atoms with Crippen molar-refractivity contribution in [2.45, 2.75) is 38.8 Å². The summed E-state index contributed by atoms with van der Waals surface area (Å²) in [5.41, 5.74) is 6.45. The molecule has 1 atom stereocenters. The zero-order valence-electron chi connectivity index (χ0n) is 13.7. The van der Waals surface area contributed by atoms with Crippen LogP contribution in [0.1, 0.15) is 26.3 Å². The lowest BCUT2D eigenvalue weighted by Gasteiger charge is -2.19. The topological polar surface area (TPSA) is 96.4 Å². The quantitative estimate of drug-likeness (QED) is 0.867. The number of pyridine rings is 1. The highest BCUT2D eigenvalue weighted by Gasteiger charge is 2.20. The van der Waals surface area contributed by atoms with E-state index in [-0.39, 0.29) is 0 Å². The van der Waals surface area contributed by atoms with Crippen molar-refractivity contribution in [2.24, 2.45) is 5.73 Å². The van der Waals surface area contributed by atoms with Crippen molar-refractivity contribution in [3.63, 3.8) is 0 Å². The average molecular weight is 319 g/mol. The van der Waals surface area contributed by atoms with Gasteiger partial charge in [0.1, 0.15) is 17.3 Å². The molecule has 0 fully saturated rings. The fraction of sp³-hybridized carbons (Fsp3) is 0.438. The zero-order chi connectivity index (χ0) is 17.2. The van der Waals surface area contributed by atoms with Crippen LogP contribution in [0.4, 0.5) is 4.79 Å². The Morgan fingerprint density at radius 3 is 2.70 bits per heavy atom. The maximum absolute atomic E-state index is 12.1. The SMILES string of the molecule is COC(=O)C(N)Cc1cnc2c(ccn2C(=O)OC(C)(C)C)c1. The number of rotatable bonds is 3. The number of aromatic nitrogens is 2. The number of ether oxygens (including phenoxy) is 2. The third kappa shape index (κ3) is 4.07. The van der Waals surface area contributed by atoms with Crippen LogP contribution in [0.25, 0.3) is 11.0 Å². The van der Waals surface area contributed by atoms with Crippen LogP contribution in [0.2, 0.25) is 0 Å². The van der Waals surface area contributed by atoms with Gasteiger partial charge < -0.3 is 15.2 Å². The predicted octanol–water partition coefficient (Wildman–Crippen LogP) is 1.86. The van der Waals surface area contributed by atoms with Gasteiger partial charge in [0.05, 0.1) is 7.11 Å². The molecule has 0 aromatic carbocycles. The van der Waals surface area contributed by atoms with Crippen molar-refractivity contribution in [3.05, 3.63) is 30.1 Å². The number of carbonyl (C=O) groups excluding carboxylic acids is 2. The number of nitrogens with zero attached hydrogens (tertiary/aromatic N) is 2. The van der Waals surface area contributed by atoms with E-state index in [2.05, 4.69) is 9.72 Å². The monoisotopic (exact) mass is 319 g/mol. The second-order valence-corrected chi connectivity index (χ2v) is 6.26. The van der Waals surface area contributed by atoms with E-state index in [9.17, 15) is 9.59 Å². The fourth-order valence-electron chi connectivity index (χ4n) is 2.13. The van der Waals surface area contributed by atoms with E-state index in [1.165, 1.54) is 11.7 Å². The molecular formula is C16H21N3O4. The van der Waals surface area contributed by atoms with Crippen LogP contribution in [0.3, 0.4) is 0 Å². The third-order valence-electron chi connectivity index (χ3n) is 3.13. The van der Waals surface area contributed by atoms with Crippen molar-refractivity contribution in [2.75, 3.05) is 7.11 Å². The molecule has 124 valence electrons. The molecule has 0 aliphatic rings. The molecule has 23 heavy (non-hydrogen) atoms. The maximum Gasteiger partial charge on any atom is 0.420 e. The first-order chi connectivity index (χ1) is 10.7. The lowest BCUT2D eigenvalue weighted by atomic mass is 10.1. The minimum atomic E-state index is -0.743. The van der Waals surface area contributed by atoms with Gasteiger partial charge in [0.15, 0.2) is 0 Å². The van der Waals surface area contributed by atoms with E-state index in [0.717, 1.165) is 10.9 Å². The fourth-order valence-corrected chi connectivity index (χ4v) is 2.13. The van der Waals surface area contributed by atoms with Crippen LogP contribution < -0.4 is 5.73 Å². The minimum Gasteiger partial charge on any atom is -0.468 e. The molecule has 0 bridgehead atoms. The van der Waals surface area contributed by atoms with Crippen LogP contribution in [0.5, 0.6) is 0 Å². The summed E-state index contributed by atoms with van der Waals surface area (Å²) in [6.45, 7) is 5.41. The smallest absolute Gasteiger partial charge is 0.420 e. The Morgan fingerprint density at radius 1 is 1.39 bits per heavy atom. The van der Waals surface area contributed by atoms with Gasteiger partial charge in [0, 0.05) is 17.8 Å². The number of methoxy groups -OCH3 is 1. The van der Waals surface area contributed by atoms with Crippen molar-refractivity contribution < 1.29 is 19.1 Å². The molecule has 2 aromatic rings. The van der Waals surface area contributed by atoms with E-state index < -0.39 is 23.7 Å². The van der Waals surface area contributed by atoms with Crippen LogP contribution >= 0.6 is 0 Å². The molecule has 7 heteroatoms. The first kappa shape index (κ1) is 17.0. The van der Waals surface area contributed by atoms with Crippen LogP contribution in [0.15, 0.2) is 24.5 Å². The Hall–Kier alpha value is -2.41. The molecule has 0 saturated heterocycles. The minimum absolute atomic E-state index is 0.313. The van der Waals surface area contributed by atoms with E-state index in [0.29, 0.717) is 12.1 Å². The second kappa shape index (κ2) is 6.37. The molecule has 0 radical (unpaired) electrons. The van der Waals surface area contributed by atoms with Gasteiger partial charge in [-0.15, -0.1) is 0 Å². The number of nitrogens with two attached hydrogens (primary N) is 1. The highest BCUT2D eigenvalue weighted by Crippen LogP contribution is 2.18. The molecule has 2 aromatic heterocycles. The molecular weight excluding hydrogens is 298 g/mol. The molecule has 0 aliphatic carbocycles. The van der Waals surface area contributed by atoms with Crippen molar-refractivity contribution >= 4 is 23.1 Å². The largest absolute Gasteiger partial charge is 0.468 e. The lowest BCUT2D eigenvalue weighted by Crippen LogP contribution is -2.33. The maximum atomic E-state index is 12.1. The Labute approximate surface area is 134 Å². The van der Waals surface area contributed by atoms with Gasteiger partial charge in [0.2, 0.25) is 0 Å². The first-order valence-corrected chi connectivity index (χ1v) is 7.24.